The van der Waals surface area contributed by atoms with Crippen molar-refractivity contribution >= 4 is 53.0 Å². The number of likely N-dealkylation sites (tertiary alicyclic amines) is 1. The molecule has 0 aliphatic carbocycles. The lowest BCUT2D eigenvalue weighted by Gasteiger charge is -2.38. The number of nitrogens with zero attached hydrogens (tertiary/aromatic N) is 7. The zero-order valence-electron chi connectivity index (χ0n) is 37.8. The number of fused-ring (bicyclic) bond motifs is 2. The van der Waals surface area contributed by atoms with Crippen molar-refractivity contribution in [2.45, 2.75) is 70.0 Å². The van der Waals surface area contributed by atoms with E-state index in [1.54, 1.807) is 37.2 Å². The molecule has 0 radical (unpaired) electrons. The second-order valence-corrected chi connectivity index (χ2v) is 17.9. The Balaban J connectivity index is 0.873. The number of alkyl halides is 2. The number of nitrogens with two attached hydrogens (primary N) is 2. The Morgan fingerprint density at radius 1 is 0.955 bits per heavy atom. The van der Waals surface area contributed by atoms with E-state index in [9.17, 15) is 32.8 Å². The van der Waals surface area contributed by atoms with E-state index >= 15 is 0 Å². The van der Waals surface area contributed by atoms with Crippen LogP contribution in [0.5, 0.6) is 0 Å². The average molecular weight is 912 g/mol. The van der Waals surface area contributed by atoms with Crippen LogP contribution in [0, 0.1) is 0 Å². The Kier molecular flexibility index (Phi) is 14.2. The van der Waals surface area contributed by atoms with Crippen LogP contribution in [0.25, 0.3) is 5.57 Å². The molecular weight excluding hydrogens is 851 g/mol. The Hall–Kier alpha value is -6.05. The average Bonchev–Trinajstić information content (AvgIpc) is 3.58. The number of amides is 6. The minimum absolute atomic E-state index is 0.0770. The number of allylic oxidation sites excluding steroid dienone is 1. The van der Waals surface area contributed by atoms with Crippen LogP contribution in [0.15, 0.2) is 52.8 Å². The quantitative estimate of drug-likeness (QED) is 0.0904. The Morgan fingerprint density at radius 2 is 1.68 bits per heavy atom. The van der Waals surface area contributed by atoms with Gasteiger partial charge in [-0.2, -0.15) is 0 Å². The number of carbonyl (C=O) groups excluding carboxylic acids is 5. The first-order valence-electron chi connectivity index (χ1n) is 23.0. The molecule has 2 aromatic rings. The van der Waals surface area contributed by atoms with Crippen LogP contribution in [0.4, 0.5) is 19.3 Å². The van der Waals surface area contributed by atoms with E-state index in [0.29, 0.717) is 66.3 Å². The summed E-state index contributed by atoms with van der Waals surface area (Å²) in [7, 11) is 3.18. The maximum Gasteiger partial charge on any atom is 0.317 e. The van der Waals surface area contributed by atoms with Gasteiger partial charge in [0.15, 0.2) is 0 Å². The molecule has 6 aliphatic heterocycles. The number of carbonyl (C=O) groups is 5. The molecule has 2 aromatic carbocycles. The summed E-state index contributed by atoms with van der Waals surface area (Å²) >= 11 is 0. The number of aryl methyl sites for hydroxylation is 1. The smallest absolute Gasteiger partial charge is 0.317 e. The van der Waals surface area contributed by atoms with Gasteiger partial charge in [0.25, 0.3) is 24.1 Å². The minimum Gasteiger partial charge on any atom is -0.404 e. The van der Waals surface area contributed by atoms with Gasteiger partial charge in [-0.15, -0.1) is 0 Å². The summed E-state index contributed by atoms with van der Waals surface area (Å²) in [4.78, 5) is 78.1. The van der Waals surface area contributed by atoms with Crippen molar-refractivity contribution in [3.63, 3.8) is 0 Å². The largest absolute Gasteiger partial charge is 0.404 e. The third-order valence-corrected chi connectivity index (χ3v) is 13.9. The minimum atomic E-state index is -2.75. The van der Waals surface area contributed by atoms with E-state index in [0.717, 1.165) is 98.9 Å². The number of amidine groups is 1. The molecule has 1 atom stereocenters. The van der Waals surface area contributed by atoms with Crippen LogP contribution in [0.2, 0.25) is 0 Å². The van der Waals surface area contributed by atoms with Crippen LogP contribution in [-0.2, 0) is 22.6 Å². The number of hydrogen-bond acceptors (Lipinski definition) is 11. The maximum absolute atomic E-state index is 14.6. The summed E-state index contributed by atoms with van der Waals surface area (Å²) in [5.41, 5.74) is 18.3. The van der Waals surface area contributed by atoms with Gasteiger partial charge in [-0.05, 0) is 67.0 Å². The summed E-state index contributed by atoms with van der Waals surface area (Å²) in [6, 6.07) is 7.60. The molecule has 0 unspecified atom stereocenters. The summed E-state index contributed by atoms with van der Waals surface area (Å²) in [6.07, 6.45) is 4.13. The van der Waals surface area contributed by atoms with E-state index in [1.807, 2.05) is 10.6 Å². The molecule has 0 spiro atoms. The molecule has 6 aliphatic rings. The van der Waals surface area contributed by atoms with Gasteiger partial charge >= 0.3 is 6.03 Å². The molecule has 19 heteroatoms. The number of piperazine rings is 1. The van der Waals surface area contributed by atoms with Crippen molar-refractivity contribution in [2.24, 2.45) is 16.5 Å². The van der Waals surface area contributed by atoms with Gasteiger partial charge in [-0.3, -0.25) is 49.9 Å². The second-order valence-electron chi connectivity index (χ2n) is 17.9. The highest BCUT2D eigenvalue weighted by atomic mass is 19.3. The van der Waals surface area contributed by atoms with Crippen molar-refractivity contribution < 1.29 is 37.3 Å². The number of halogens is 2. The van der Waals surface area contributed by atoms with Gasteiger partial charge in [0.2, 0.25) is 11.8 Å². The van der Waals surface area contributed by atoms with Crippen LogP contribution in [-0.4, -0.2) is 169 Å². The fraction of sp³-hybridized carbons (Fsp3) is 0.511. The van der Waals surface area contributed by atoms with Crippen molar-refractivity contribution in [3.05, 3.63) is 81.2 Å². The lowest BCUT2D eigenvalue weighted by Crippen LogP contribution is -2.54. The molecule has 8 rings (SSSR count). The van der Waals surface area contributed by atoms with Gasteiger partial charge in [0.05, 0.1) is 29.8 Å². The third-order valence-electron chi connectivity index (χ3n) is 13.9. The first-order valence-corrected chi connectivity index (χ1v) is 23.0. The van der Waals surface area contributed by atoms with Crippen LogP contribution >= 0.6 is 0 Å². The highest BCUT2D eigenvalue weighted by molar-refractivity contribution is 6.24. The lowest BCUT2D eigenvalue weighted by atomic mass is 9.92. The molecule has 0 aromatic heterocycles. The summed E-state index contributed by atoms with van der Waals surface area (Å²) in [5.74, 6) is -1.54. The Bertz CT molecular complexity index is 2380. The number of urea groups is 1. The normalized spacial score (nSPS) is 22.6. The number of rotatable bonds is 12. The van der Waals surface area contributed by atoms with E-state index in [4.69, 9.17) is 11.5 Å². The van der Waals surface area contributed by atoms with E-state index in [2.05, 4.69) is 35.6 Å². The number of hydrogen-bond donors (Lipinski definition) is 5. The monoisotopic (exact) mass is 911 g/mol. The van der Waals surface area contributed by atoms with Gasteiger partial charge < -0.3 is 26.2 Å². The molecule has 0 saturated carbocycles. The second kappa shape index (κ2) is 20.2. The molecule has 0 bridgehead atoms. The fourth-order valence-corrected chi connectivity index (χ4v) is 10.3. The topological polar surface area (TPSA) is 205 Å². The molecule has 3 fully saturated rings. The van der Waals surface area contributed by atoms with E-state index in [-0.39, 0.29) is 37.0 Å². The molecule has 6 amide bonds. The number of aliphatic imine (C=N–C) groups is 1. The van der Waals surface area contributed by atoms with Crippen LogP contribution < -0.4 is 27.4 Å². The summed E-state index contributed by atoms with van der Waals surface area (Å²) < 4.78 is 31.2. The predicted molar refractivity (Wildman–Crippen MR) is 245 cm³/mol. The maximum atomic E-state index is 14.6. The molecule has 6 heterocycles. The standard InChI is InChI=1S/C47H60F2N12O5/c1-52-26-31(25-50)34-23-29-6-4-13-60(39(29)24-35(34)42(48)49)43(51)36-28-59(47(66)53-2)16-12-37(36)54-32-10-14-56(15-11-32)17-18-57-19-21-58(22-20-57)27-30-5-3-7-33-41(30)46(65)61(45(33)64)38-8-9-40(62)55-44(38)63/h3,5,7,23-26,32,38,42H,4,6,8-22,27-28H2,1-2H3,(H6,50,51,52,53,54,55,62,63,66)/p+1/t38-/m1/s1. The SMILES string of the molecule is CN=C/C(=C\N)c1cc2c(cc1C(F)F)[N+](=C(N)C1=C(NC3CCN(CCN4CCN(Cc5cccc6c5C(=O)N([C@@H]5CCC(=O)NC5=O)C6=O)CC4)CC3)CCN(C(=O)NC)C1)CCC2. The predicted octanol–water partition coefficient (Wildman–Crippen LogP) is 2.14. The molecule has 352 valence electrons. The fourth-order valence-electron chi connectivity index (χ4n) is 10.3. The zero-order chi connectivity index (χ0) is 46.6. The molecule has 7 N–H and O–H groups in total. The van der Waals surface area contributed by atoms with E-state index in [1.165, 1.54) is 18.5 Å². The third kappa shape index (κ3) is 9.60. The highest BCUT2D eigenvalue weighted by Crippen LogP contribution is 2.37. The molecular formula is C47H61F2N12O5+. The van der Waals surface area contributed by atoms with Gasteiger partial charge in [-0.25, -0.2) is 18.2 Å². The molecule has 3 saturated heterocycles. The zero-order valence-corrected chi connectivity index (χ0v) is 37.8. The van der Waals surface area contributed by atoms with Crippen LogP contribution in [0.3, 0.4) is 0 Å². The van der Waals surface area contributed by atoms with Crippen molar-refractivity contribution in [2.75, 3.05) is 86.1 Å². The molecule has 17 nitrogen and oxygen atoms in total. The van der Waals surface area contributed by atoms with E-state index < -0.39 is 36.1 Å². The highest BCUT2D eigenvalue weighted by Gasteiger charge is 2.45. The number of benzene rings is 2. The summed E-state index contributed by atoms with van der Waals surface area (Å²) in [6.45, 7) is 8.93. The van der Waals surface area contributed by atoms with Crippen LogP contribution in [0.1, 0.15) is 87.9 Å². The number of nitrogens with one attached hydrogen (secondary N) is 3. The Labute approximate surface area is 383 Å². The summed E-state index contributed by atoms with van der Waals surface area (Å²) in [5, 5.41) is 8.81. The number of piperidine rings is 2. The number of imide groups is 2. The van der Waals surface area contributed by atoms with Gasteiger partial charge in [0.1, 0.15) is 11.7 Å². The van der Waals surface area contributed by atoms with Gasteiger partial charge in [0, 0.05) is 128 Å². The van der Waals surface area contributed by atoms with Gasteiger partial charge in [-0.1, -0.05) is 12.1 Å². The first-order chi connectivity index (χ1) is 31.9. The Morgan fingerprint density at radius 3 is 2.36 bits per heavy atom. The van der Waals surface area contributed by atoms with Crippen molar-refractivity contribution in [1.82, 2.24) is 40.4 Å². The van der Waals surface area contributed by atoms with Crippen molar-refractivity contribution in [3.8, 4) is 0 Å². The molecule has 66 heavy (non-hydrogen) atoms. The van der Waals surface area contributed by atoms with Crippen molar-refractivity contribution in [1.29, 1.82) is 0 Å². The lowest BCUT2D eigenvalue weighted by molar-refractivity contribution is -0.447. The first kappa shape index (κ1) is 46.5.